The molecule has 92 valence electrons. The minimum Gasteiger partial charge on any atom is -0.423 e. The molecule has 2 aromatic rings. The normalized spacial score (nSPS) is 10.9. The maximum Gasteiger partial charge on any atom is 0.298 e. The van der Waals surface area contributed by atoms with Gasteiger partial charge in [0.2, 0.25) is 0 Å². The van der Waals surface area contributed by atoms with E-state index in [0.29, 0.717) is 11.9 Å². The number of fused-ring (bicyclic) bond motifs is 1. The van der Waals surface area contributed by atoms with E-state index >= 15 is 0 Å². The quantitative estimate of drug-likeness (QED) is 0.580. The summed E-state index contributed by atoms with van der Waals surface area (Å²) in [5.41, 5.74) is 1.76. The van der Waals surface area contributed by atoms with Gasteiger partial charge in [-0.3, -0.25) is 0 Å². The molecule has 4 heteroatoms. The molecular formula is C13H17ClN2O. The van der Waals surface area contributed by atoms with E-state index < -0.39 is 0 Å². The average molecular weight is 253 g/mol. The Morgan fingerprint density at radius 1 is 1.29 bits per heavy atom. The van der Waals surface area contributed by atoms with E-state index in [4.69, 9.17) is 16.0 Å². The predicted molar refractivity (Wildman–Crippen MR) is 71.9 cm³/mol. The van der Waals surface area contributed by atoms with Crippen LogP contribution in [0.4, 0.5) is 6.01 Å². The van der Waals surface area contributed by atoms with E-state index in [1.54, 1.807) is 0 Å². The lowest BCUT2D eigenvalue weighted by Crippen LogP contribution is -2.24. The number of oxazole rings is 1. The highest BCUT2D eigenvalue weighted by atomic mass is 35.5. The fourth-order valence-electron chi connectivity index (χ4n) is 1.78. The summed E-state index contributed by atoms with van der Waals surface area (Å²) in [5, 5.41) is 0. The molecule has 0 amide bonds. The Morgan fingerprint density at radius 3 is 2.82 bits per heavy atom. The number of alkyl halides is 1. The number of benzene rings is 1. The third-order valence-electron chi connectivity index (χ3n) is 2.75. The van der Waals surface area contributed by atoms with Gasteiger partial charge in [0.15, 0.2) is 5.58 Å². The first-order valence-corrected chi connectivity index (χ1v) is 6.55. The average Bonchev–Trinajstić information content (AvgIpc) is 2.78. The van der Waals surface area contributed by atoms with Crippen molar-refractivity contribution in [2.45, 2.75) is 19.8 Å². The Labute approximate surface area is 106 Å². The Bertz CT molecular complexity index is 436. The molecule has 0 aliphatic heterocycles. The van der Waals surface area contributed by atoms with Crippen LogP contribution >= 0.6 is 11.6 Å². The number of para-hydroxylation sites is 2. The van der Waals surface area contributed by atoms with Gasteiger partial charge >= 0.3 is 0 Å². The third kappa shape index (κ3) is 2.91. The highest BCUT2D eigenvalue weighted by Gasteiger charge is 2.11. The zero-order chi connectivity index (χ0) is 12.1. The molecule has 0 saturated heterocycles. The van der Waals surface area contributed by atoms with Crippen LogP contribution in [0.15, 0.2) is 28.7 Å². The largest absolute Gasteiger partial charge is 0.423 e. The molecule has 0 aliphatic carbocycles. The molecule has 0 spiro atoms. The SMILES string of the molecule is CCN(CCCCCl)c1nc2ccccc2o1. The molecule has 0 aliphatic rings. The Balaban J connectivity index is 2.12. The van der Waals surface area contributed by atoms with Crippen LogP contribution in [0.3, 0.4) is 0 Å². The Hall–Kier alpha value is -1.22. The van der Waals surface area contributed by atoms with Gasteiger partial charge < -0.3 is 9.32 Å². The van der Waals surface area contributed by atoms with Crippen LogP contribution in [0, 0.1) is 0 Å². The minimum absolute atomic E-state index is 0.711. The van der Waals surface area contributed by atoms with Gasteiger partial charge in [-0.2, -0.15) is 4.98 Å². The number of anilines is 1. The van der Waals surface area contributed by atoms with Gasteiger partial charge in [-0.25, -0.2) is 0 Å². The summed E-state index contributed by atoms with van der Waals surface area (Å²) in [6.07, 6.45) is 2.09. The van der Waals surface area contributed by atoms with Crippen LogP contribution in [0.1, 0.15) is 19.8 Å². The number of nitrogens with zero attached hydrogens (tertiary/aromatic N) is 2. The Morgan fingerprint density at radius 2 is 2.12 bits per heavy atom. The lowest BCUT2D eigenvalue weighted by Gasteiger charge is -2.17. The molecule has 1 aromatic heterocycles. The monoisotopic (exact) mass is 252 g/mol. The number of halogens is 1. The van der Waals surface area contributed by atoms with Crippen molar-refractivity contribution in [2.24, 2.45) is 0 Å². The van der Waals surface area contributed by atoms with Gasteiger partial charge in [0.1, 0.15) is 5.52 Å². The van der Waals surface area contributed by atoms with Gasteiger partial charge in [0.05, 0.1) is 0 Å². The first-order chi connectivity index (χ1) is 8.35. The standard InChI is InChI=1S/C13H17ClN2O/c1-2-16(10-6-5-9-14)13-15-11-7-3-4-8-12(11)17-13/h3-4,7-8H,2,5-6,9-10H2,1H3. The maximum absolute atomic E-state index is 5.73. The second-order valence-corrected chi connectivity index (χ2v) is 4.32. The first-order valence-electron chi connectivity index (χ1n) is 6.01. The molecule has 2 rings (SSSR count). The summed E-state index contributed by atoms with van der Waals surface area (Å²) in [7, 11) is 0. The van der Waals surface area contributed by atoms with Crippen molar-refractivity contribution in [3.63, 3.8) is 0 Å². The second kappa shape index (κ2) is 5.92. The van der Waals surface area contributed by atoms with Crippen molar-refractivity contribution in [3.8, 4) is 0 Å². The van der Waals surface area contributed by atoms with Crippen LogP contribution in [-0.4, -0.2) is 24.0 Å². The Kier molecular flexibility index (Phi) is 4.26. The summed E-state index contributed by atoms with van der Waals surface area (Å²) in [5.74, 6) is 0.713. The van der Waals surface area contributed by atoms with Crippen molar-refractivity contribution in [1.82, 2.24) is 4.98 Å². The van der Waals surface area contributed by atoms with Crippen molar-refractivity contribution in [1.29, 1.82) is 0 Å². The van der Waals surface area contributed by atoms with Gasteiger partial charge in [-0.05, 0) is 31.9 Å². The molecule has 0 fully saturated rings. The lowest BCUT2D eigenvalue weighted by atomic mass is 10.3. The molecule has 0 atom stereocenters. The van der Waals surface area contributed by atoms with Crippen LogP contribution in [0.5, 0.6) is 0 Å². The van der Waals surface area contributed by atoms with E-state index in [2.05, 4.69) is 16.8 Å². The molecule has 17 heavy (non-hydrogen) atoms. The molecule has 1 aromatic carbocycles. The molecular weight excluding hydrogens is 236 g/mol. The van der Waals surface area contributed by atoms with E-state index in [-0.39, 0.29) is 0 Å². The van der Waals surface area contributed by atoms with Gasteiger partial charge in [0, 0.05) is 19.0 Å². The van der Waals surface area contributed by atoms with Crippen LogP contribution in [-0.2, 0) is 0 Å². The third-order valence-corrected chi connectivity index (χ3v) is 3.01. The van der Waals surface area contributed by atoms with Crippen LogP contribution < -0.4 is 4.90 Å². The molecule has 1 heterocycles. The van der Waals surface area contributed by atoms with E-state index in [9.17, 15) is 0 Å². The summed E-state index contributed by atoms with van der Waals surface area (Å²) in [6, 6.07) is 8.55. The fraction of sp³-hybridized carbons (Fsp3) is 0.462. The van der Waals surface area contributed by atoms with E-state index in [1.807, 2.05) is 24.3 Å². The summed E-state index contributed by atoms with van der Waals surface area (Å²) in [6.45, 7) is 3.95. The molecule has 0 saturated carbocycles. The molecule has 3 nitrogen and oxygen atoms in total. The molecule has 0 radical (unpaired) electrons. The number of hydrogen-bond donors (Lipinski definition) is 0. The van der Waals surface area contributed by atoms with Crippen LogP contribution in [0.25, 0.3) is 11.1 Å². The number of rotatable bonds is 6. The zero-order valence-corrected chi connectivity index (χ0v) is 10.8. The number of hydrogen-bond acceptors (Lipinski definition) is 3. The van der Waals surface area contributed by atoms with Gasteiger partial charge in [-0.15, -0.1) is 11.6 Å². The van der Waals surface area contributed by atoms with E-state index in [0.717, 1.165) is 37.0 Å². The maximum atomic E-state index is 5.73. The summed E-state index contributed by atoms with van der Waals surface area (Å²) >= 11 is 5.68. The van der Waals surface area contributed by atoms with E-state index in [1.165, 1.54) is 0 Å². The predicted octanol–water partition coefficient (Wildman–Crippen LogP) is 3.67. The smallest absolute Gasteiger partial charge is 0.298 e. The fourth-order valence-corrected chi connectivity index (χ4v) is 1.97. The topological polar surface area (TPSA) is 29.3 Å². The minimum atomic E-state index is 0.711. The van der Waals surface area contributed by atoms with Crippen molar-refractivity contribution in [2.75, 3.05) is 23.9 Å². The van der Waals surface area contributed by atoms with Gasteiger partial charge in [0.25, 0.3) is 6.01 Å². The lowest BCUT2D eigenvalue weighted by molar-refractivity contribution is 0.563. The molecule has 0 bridgehead atoms. The molecule has 0 unspecified atom stereocenters. The summed E-state index contributed by atoms with van der Waals surface area (Å²) < 4.78 is 5.73. The number of unbranched alkanes of at least 4 members (excludes halogenated alkanes) is 1. The van der Waals surface area contributed by atoms with Crippen molar-refractivity contribution >= 4 is 28.7 Å². The number of aromatic nitrogens is 1. The zero-order valence-electron chi connectivity index (χ0n) is 10.0. The second-order valence-electron chi connectivity index (χ2n) is 3.94. The van der Waals surface area contributed by atoms with Crippen molar-refractivity contribution < 1.29 is 4.42 Å². The highest BCUT2D eigenvalue weighted by molar-refractivity contribution is 6.17. The first kappa shape index (κ1) is 12.2. The molecule has 0 N–H and O–H groups in total. The summed E-state index contributed by atoms with van der Waals surface area (Å²) in [4.78, 5) is 6.63. The van der Waals surface area contributed by atoms with Crippen molar-refractivity contribution in [3.05, 3.63) is 24.3 Å². The van der Waals surface area contributed by atoms with Crippen LogP contribution in [0.2, 0.25) is 0 Å². The highest BCUT2D eigenvalue weighted by Crippen LogP contribution is 2.21. The van der Waals surface area contributed by atoms with Gasteiger partial charge in [-0.1, -0.05) is 12.1 Å².